The number of nitrogens with one attached hydrogen (secondary N) is 1. The maximum Gasteiger partial charge on any atom is 0.161 e. The lowest BCUT2D eigenvalue weighted by atomic mass is 10.0. The summed E-state index contributed by atoms with van der Waals surface area (Å²) in [5.41, 5.74) is 1.14. The Morgan fingerprint density at radius 1 is 1.21 bits per heavy atom. The van der Waals surface area contributed by atoms with E-state index in [2.05, 4.69) is 21.3 Å². The molecule has 1 heterocycles. The van der Waals surface area contributed by atoms with Crippen LogP contribution in [0.5, 0.6) is 11.5 Å². The minimum atomic E-state index is 0.113. The quantitative estimate of drug-likeness (QED) is 0.870. The minimum Gasteiger partial charge on any atom is -0.493 e. The highest BCUT2D eigenvalue weighted by Gasteiger charge is 2.23. The summed E-state index contributed by atoms with van der Waals surface area (Å²) in [5.74, 6) is 2.49. The Morgan fingerprint density at radius 3 is 2.47 bits per heavy atom. The molecule has 0 fully saturated rings. The van der Waals surface area contributed by atoms with Crippen molar-refractivity contribution < 1.29 is 9.47 Å². The summed E-state index contributed by atoms with van der Waals surface area (Å²) in [5, 5.41) is 3.34. The van der Waals surface area contributed by atoms with E-state index in [-0.39, 0.29) is 6.04 Å². The summed E-state index contributed by atoms with van der Waals surface area (Å²) in [7, 11) is 7.38. The van der Waals surface area contributed by atoms with Gasteiger partial charge in [-0.25, -0.2) is 0 Å². The predicted octanol–water partition coefficient (Wildman–Crippen LogP) is 1.31. The van der Waals surface area contributed by atoms with Crippen LogP contribution in [0.15, 0.2) is 23.2 Å². The van der Waals surface area contributed by atoms with E-state index in [1.54, 1.807) is 14.2 Å². The zero-order valence-electron chi connectivity index (χ0n) is 11.9. The molecule has 1 N–H and O–H groups in total. The Balaban J connectivity index is 2.36. The lowest BCUT2D eigenvalue weighted by molar-refractivity contribution is 0.347. The Bertz CT molecular complexity index is 472. The first-order valence-corrected chi connectivity index (χ1v) is 6.34. The van der Waals surface area contributed by atoms with Crippen molar-refractivity contribution in [3.63, 3.8) is 0 Å². The summed E-state index contributed by atoms with van der Waals surface area (Å²) in [4.78, 5) is 6.66. The highest BCUT2D eigenvalue weighted by molar-refractivity contribution is 5.89. The van der Waals surface area contributed by atoms with Gasteiger partial charge < -0.3 is 14.8 Å². The third-order valence-corrected chi connectivity index (χ3v) is 3.20. The average molecular weight is 263 g/mol. The summed E-state index contributed by atoms with van der Waals surface area (Å²) >= 11 is 0. The normalized spacial score (nSPS) is 15.9. The Labute approximate surface area is 114 Å². The maximum atomic E-state index is 5.37. The minimum absolute atomic E-state index is 0.113. The maximum absolute atomic E-state index is 5.37. The van der Waals surface area contributed by atoms with Crippen molar-refractivity contribution in [2.24, 2.45) is 4.99 Å². The highest BCUT2D eigenvalue weighted by Crippen LogP contribution is 2.31. The van der Waals surface area contributed by atoms with E-state index in [0.29, 0.717) is 0 Å². The molecule has 2 rings (SSSR count). The molecule has 1 aromatic carbocycles. The van der Waals surface area contributed by atoms with Gasteiger partial charge in [0, 0.05) is 6.54 Å². The van der Waals surface area contributed by atoms with Crippen LogP contribution >= 0.6 is 0 Å². The third-order valence-electron chi connectivity index (χ3n) is 3.20. The number of hydrogen-bond donors (Lipinski definition) is 1. The first-order chi connectivity index (χ1) is 9.17. The fraction of sp³-hybridized carbons (Fsp3) is 0.500. The van der Waals surface area contributed by atoms with Crippen molar-refractivity contribution in [2.75, 3.05) is 41.4 Å². The van der Waals surface area contributed by atoms with Crippen molar-refractivity contribution in [1.29, 1.82) is 0 Å². The zero-order valence-corrected chi connectivity index (χ0v) is 11.9. The highest BCUT2D eigenvalue weighted by atomic mass is 16.5. The summed E-state index contributed by atoms with van der Waals surface area (Å²) < 4.78 is 10.6. The van der Waals surface area contributed by atoms with Gasteiger partial charge in [-0.3, -0.25) is 9.89 Å². The van der Waals surface area contributed by atoms with Gasteiger partial charge >= 0.3 is 0 Å². The van der Waals surface area contributed by atoms with Gasteiger partial charge in [-0.2, -0.15) is 0 Å². The van der Waals surface area contributed by atoms with Crippen molar-refractivity contribution >= 4 is 5.84 Å². The Morgan fingerprint density at radius 2 is 1.95 bits per heavy atom. The second-order valence-electron chi connectivity index (χ2n) is 4.67. The van der Waals surface area contributed by atoms with Crippen LogP contribution in [0.1, 0.15) is 11.6 Å². The van der Waals surface area contributed by atoms with Crippen molar-refractivity contribution in [3.05, 3.63) is 23.8 Å². The first-order valence-electron chi connectivity index (χ1n) is 6.34. The fourth-order valence-electron chi connectivity index (χ4n) is 2.32. The van der Waals surface area contributed by atoms with Gasteiger partial charge in [0.25, 0.3) is 0 Å². The molecule has 0 radical (unpaired) electrons. The number of rotatable bonds is 5. The van der Waals surface area contributed by atoms with Crippen molar-refractivity contribution in [3.8, 4) is 11.5 Å². The third kappa shape index (κ3) is 2.81. The molecule has 0 aliphatic carbocycles. The van der Waals surface area contributed by atoms with Gasteiger partial charge in [0.05, 0.1) is 26.8 Å². The Kier molecular flexibility index (Phi) is 4.27. The van der Waals surface area contributed by atoms with Crippen LogP contribution in [0.25, 0.3) is 0 Å². The topological polar surface area (TPSA) is 46.1 Å². The molecule has 1 aliphatic rings. The van der Waals surface area contributed by atoms with E-state index in [1.807, 2.05) is 26.2 Å². The molecule has 0 aromatic heterocycles. The van der Waals surface area contributed by atoms with Crippen molar-refractivity contribution in [1.82, 2.24) is 10.2 Å². The van der Waals surface area contributed by atoms with Gasteiger partial charge in [-0.05, 0) is 31.8 Å². The monoisotopic (exact) mass is 263 g/mol. The first kappa shape index (κ1) is 13.7. The number of likely N-dealkylation sites (N-methyl/N-ethyl adjacent to an activating group) is 1. The van der Waals surface area contributed by atoms with E-state index in [0.717, 1.165) is 36.0 Å². The Hall–Kier alpha value is -1.75. The summed E-state index contributed by atoms with van der Waals surface area (Å²) in [6, 6.07) is 6.10. The number of amidine groups is 1. The van der Waals surface area contributed by atoms with Crippen LogP contribution in [0.4, 0.5) is 0 Å². The SMILES string of the molecule is COc1ccc(C(C2=NCCN2)N(C)C)cc1OC. The molecule has 1 aliphatic heterocycles. The molecule has 5 nitrogen and oxygen atoms in total. The molecule has 1 atom stereocenters. The van der Waals surface area contributed by atoms with Crippen LogP contribution < -0.4 is 14.8 Å². The smallest absolute Gasteiger partial charge is 0.161 e. The van der Waals surface area contributed by atoms with E-state index in [4.69, 9.17) is 9.47 Å². The predicted molar refractivity (Wildman–Crippen MR) is 76.3 cm³/mol. The standard InChI is InChI=1S/C14H21N3O2/c1-17(2)13(14-15-7-8-16-14)10-5-6-11(18-3)12(9-10)19-4/h5-6,9,13H,7-8H2,1-4H3,(H,15,16). The number of benzene rings is 1. The molecule has 1 unspecified atom stereocenters. The molecule has 0 amide bonds. The average Bonchev–Trinajstić information content (AvgIpc) is 2.92. The molecular weight excluding hydrogens is 242 g/mol. The number of aliphatic imine (C=N–C) groups is 1. The largest absolute Gasteiger partial charge is 0.493 e. The molecule has 0 saturated carbocycles. The van der Waals surface area contributed by atoms with Gasteiger partial charge in [0.2, 0.25) is 0 Å². The second kappa shape index (κ2) is 5.93. The molecule has 104 valence electrons. The number of hydrogen-bond acceptors (Lipinski definition) is 5. The summed E-state index contributed by atoms with van der Waals surface area (Å²) in [6.07, 6.45) is 0. The lowest BCUT2D eigenvalue weighted by Gasteiger charge is -2.25. The second-order valence-corrected chi connectivity index (χ2v) is 4.67. The van der Waals surface area contributed by atoms with E-state index in [1.165, 1.54) is 0 Å². The number of nitrogens with zero attached hydrogens (tertiary/aromatic N) is 2. The van der Waals surface area contributed by atoms with Crippen LogP contribution in [0.3, 0.4) is 0 Å². The van der Waals surface area contributed by atoms with E-state index < -0.39 is 0 Å². The summed E-state index contributed by atoms with van der Waals surface area (Å²) in [6.45, 7) is 1.75. The molecule has 0 spiro atoms. The van der Waals surface area contributed by atoms with E-state index >= 15 is 0 Å². The molecule has 1 aromatic rings. The number of ether oxygens (including phenoxy) is 2. The van der Waals surface area contributed by atoms with Crippen LogP contribution in [-0.2, 0) is 0 Å². The molecule has 0 bridgehead atoms. The van der Waals surface area contributed by atoms with Gasteiger partial charge in [-0.1, -0.05) is 6.07 Å². The number of methoxy groups -OCH3 is 2. The van der Waals surface area contributed by atoms with E-state index in [9.17, 15) is 0 Å². The van der Waals surface area contributed by atoms with Crippen LogP contribution in [0, 0.1) is 0 Å². The zero-order chi connectivity index (χ0) is 13.8. The molecule has 0 saturated heterocycles. The molecular formula is C14H21N3O2. The van der Waals surface area contributed by atoms with Crippen LogP contribution in [-0.4, -0.2) is 52.1 Å². The van der Waals surface area contributed by atoms with Gasteiger partial charge in [0.1, 0.15) is 5.84 Å². The van der Waals surface area contributed by atoms with Gasteiger partial charge in [-0.15, -0.1) is 0 Å². The van der Waals surface area contributed by atoms with Crippen molar-refractivity contribution in [2.45, 2.75) is 6.04 Å². The molecule has 19 heavy (non-hydrogen) atoms. The fourth-order valence-corrected chi connectivity index (χ4v) is 2.32. The van der Waals surface area contributed by atoms with Crippen LogP contribution in [0.2, 0.25) is 0 Å². The van der Waals surface area contributed by atoms with Gasteiger partial charge in [0.15, 0.2) is 11.5 Å². The molecule has 5 heteroatoms. The lowest BCUT2D eigenvalue weighted by Crippen LogP contribution is -2.34.